The van der Waals surface area contributed by atoms with Crippen LogP contribution in [0, 0.1) is 11.8 Å². The molecule has 2 fully saturated rings. The van der Waals surface area contributed by atoms with Gasteiger partial charge in [0.2, 0.25) is 5.91 Å². The van der Waals surface area contributed by atoms with Crippen molar-refractivity contribution in [2.75, 3.05) is 13.1 Å². The minimum Gasteiger partial charge on any atom is -0.342 e. The van der Waals surface area contributed by atoms with Crippen LogP contribution in [-0.4, -0.2) is 29.9 Å². The van der Waals surface area contributed by atoms with E-state index >= 15 is 0 Å². The van der Waals surface area contributed by atoms with E-state index in [9.17, 15) is 4.79 Å². The van der Waals surface area contributed by atoms with Crippen molar-refractivity contribution in [3.63, 3.8) is 0 Å². The molecule has 1 saturated heterocycles. The number of piperidine rings is 1. The summed E-state index contributed by atoms with van der Waals surface area (Å²) < 4.78 is 0. The van der Waals surface area contributed by atoms with Crippen LogP contribution in [0.3, 0.4) is 0 Å². The summed E-state index contributed by atoms with van der Waals surface area (Å²) in [6.45, 7) is 3.69. The molecule has 4 atom stereocenters. The van der Waals surface area contributed by atoms with E-state index in [1.54, 1.807) is 6.07 Å². The summed E-state index contributed by atoms with van der Waals surface area (Å²) in [5.74, 6) is 1.01. The fourth-order valence-electron chi connectivity index (χ4n) is 3.49. The van der Waals surface area contributed by atoms with Crippen LogP contribution < -0.4 is 5.73 Å². The average molecular weight is 341 g/mol. The van der Waals surface area contributed by atoms with Crippen molar-refractivity contribution in [1.82, 2.24) is 4.90 Å². The van der Waals surface area contributed by atoms with Crippen molar-refractivity contribution in [3.05, 3.63) is 33.8 Å². The zero-order chi connectivity index (χ0) is 15.9. The van der Waals surface area contributed by atoms with E-state index in [0.29, 0.717) is 16.0 Å². The molecular formula is C17H22Cl2N2O. The van der Waals surface area contributed by atoms with Crippen molar-refractivity contribution in [3.8, 4) is 0 Å². The second-order valence-electron chi connectivity index (χ2n) is 6.66. The van der Waals surface area contributed by atoms with E-state index in [1.165, 1.54) is 0 Å². The number of nitrogens with zero attached hydrogens (tertiary/aromatic N) is 1. The Kier molecular flexibility index (Phi) is 4.67. The molecule has 1 aliphatic heterocycles. The molecule has 1 saturated carbocycles. The molecule has 22 heavy (non-hydrogen) atoms. The van der Waals surface area contributed by atoms with Gasteiger partial charge in [-0.1, -0.05) is 29.3 Å². The van der Waals surface area contributed by atoms with Crippen LogP contribution in [0.25, 0.3) is 0 Å². The van der Waals surface area contributed by atoms with Crippen LogP contribution in [0.15, 0.2) is 18.2 Å². The molecule has 5 heteroatoms. The van der Waals surface area contributed by atoms with E-state index in [4.69, 9.17) is 28.9 Å². The Balaban J connectivity index is 1.65. The van der Waals surface area contributed by atoms with Crippen molar-refractivity contribution >= 4 is 29.1 Å². The van der Waals surface area contributed by atoms with Gasteiger partial charge in [0.05, 0.1) is 0 Å². The SMILES string of the molecule is C[C@H](N)[C@@H]1CCCN(C(=O)[C@@H]2C[C@@H]2c2ccc(Cl)cc2Cl)C1. The van der Waals surface area contributed by atoms with Gasteiger partial charge in [0.1, 0.15) is 0 Å². The number of rotatable bonds is 3. The van der Waals surface area contributed by atoms with Gasteiger partial charge in [-0.05, 0) is 55.7 Å². The molecule has 2 aliphatic rings. The van der Waals surface area contributed by atoms with Crippen LogP contribution in [0.1, 0.15) is 37.7 Å². The number of hydrogen-bond donors (Lipinski definition) is 1. The van der Waals surface area contributed by atoms with Gasteiger partial charge in [0.15, 0.2) is 0 Å². The highest BCUT2D eigenvalue weighted by atomic mass is 35.5. The van der Waals surface area contributed by atoms with Gasteiger partial charge in [-0.25, -0.2) is 0 Å². The van der Waals surface area contributed by atoms with E-state index in [2.05, 4.69) is 0 Å². The maximum absolute atomic E-state index is 12.7. The number of amides is 1. The molecule has 120 valence electrons. The van der Waals surface area contributed by atoms with Gasteiger partial charge in [-0.3, -0.25) is 4.79 Å². The van der Waals surface area contributed by atoms with Gasteiger partial charge >= 0.3 is 0 Å². The Morgan fingerprint density at radius 2 is 2.18 bits per heavy atom. The third-order valence-corrected chi connectivity index (χ3v) is 5.55. The Labute approximate surface area is 141 Å². The van der Waals surface area contributed by atoms with Crippen molar-refractivity contribution in [2.24, 2.45) is 17.6 Å². The highest BCUT2D eigenvalue weighted by Gasteiger charge is 2.47. The normalized spacial score (nSPS) is 29.3. The molecule has 1 aliphatic carbocycles. The molecule has 0 bridgehead atoms. The Bertz CT molecular complexity index is 576. The third-order valence-electron chi connectivity index (χ3n) is 4.98. The maximum Gasteiger partial charge on any atom is 0.226 e. The average Bonchev–Trinajstić information content (AvgIpc) is 3.27. The van der Waals surface area contributed by atoms with Crippen LogP contribution in [0.2, 0.25) is 10.0 Å². The number of likely N-dealkylation sites (tertiary alicyclic amines) is 1. The lowest BCUT2D eigenvalue weighted by Gasteiger charge is -2.35. The summed E-state index contributed by atoms with van der Waals surface area (Å²) in [5, 5.41) is 1.30. The van der Waals surface area contributed by atoms with Gasteiger partial charge < -0.3 is 10.6 Å². The maximum atomic E-state index is 12.7. The molecule has 0 aromatic heterocycles. The second kappa shape index (κ2) is 6.38. The number of carbonyl (C=O) groups is 1. The number of carbonyl (C=O) groups excluding carboxylic acids is 1. The lowest BCUT2D eigenvalue weighted by molar-refractivity contribution is -0.134. The highest BCUT2D eigenvalue weighted by molar-refractivity contribution is 6.35. The smallest absolute Gasteiger partial charge is 0.226 e. The summed E-state index contributed by atoms with van der Waals surface area (Å²) in [7, 11) is 0. The molecule has 0 spiro atoms. The van der Waals surface area contributed by atoms with Crippen LogP contribution >= 0.6 is 23.2 Å². The number of nitrogens with two attached hydrogens (primary N) is 1. The molecule has 1 aromatic carbocycles. The first-order valence-corrected chi connectivity index (χ1v) is 8.72. The van der Waals surface area contributed by atoms with E-state index < -0.39 is 0 Å². The number of hydrogen-bond acceptors (Lipinski definition) is 2. The first-order chi connectivity index (χ1) is 10.5. The quantitative estimate of drug-likeness (QED) is 0.912. The summed E-state index contributed by atoms with van der Waals surface area (Å²) in [6.07, 6.45) is 3.06. The zero-order valence-corrected chi connectivity index (χ0v) is 14.3. The lowest BCUT2D eigenvalue weighted by Crippen LogP contribution is -2.45. The van der Waals surface area contributed by atoms with Crippen molar-refractivity contribution in [1.29, 1.82) is 0 Å². The molecule has 3 rings (SSSR count). The Morgan fingerprint density at radius 1 is 1.41 bits per heavy atom. The van der Waals surface area contributed by atoms with E-state index in [0.717, 1.165) is 37.9 Å². The fraction of sp³-hybridized carbons (Fsp3) is 0.588. The third kappa shape index (κ3) is 3.27. The fourth-order valence-corrected chi connectivity index (χ4v) is 4.04. The summed E-state index contributed by atoms with van der Waals surface area (Å²) in [5.41, 5.74) is 7.05. The second-order valence-corrected chi connectivity index (χ2v) is 7.50. The van der Waals surface area contributed by atoms with Crippen LogP contribution in [0.4, 0.5) is 0 Å². The molecule has 3 nitrogen and oxygen atoms in total. The monoisotopic (exact) mass is 340 g/mol. The Hall–Kier alpha value is -0.770. The molecular weight excluding hydrogens is 319 g/mol. The lowest BCUT2D eigenvalue weighted by atomic mass is 9.92. The zero-order valence-electron chi connectivity index (χ0n) is 12.8. The van der Waals surface area contributed by atoms with Gasteiger partial charge in [-0.15, -0.1) is 0 Å². The molecule has 1 aromatic rings. The van der Waals surface area contributed by atoms with Gasteiger partial charge in [0.25, 0.3) is 0 Å². The highest BCUT2D eigenvalue weighted by Crippen LogP contribution is 2.51. The predicted molar refractivity (Wildman–Crippen MR) is 90.3 cm³/mol. The standard InChI is InChI=1S/C17H22Cl2N2O/c1-10(20)11-3-2-6-21(9-11)17(22)15-8-14(15)13-5-4-12(18)7-16(13)19/h4-5,7,10-11,14-15H,2-3,6,8-9,20H2,1H3/t10-,11+,14+,15+/m0/s1. The van der Waals surface area contributed by atoms with Crippen molar-refractivity contribution in [2.45, 2.75) is 38.1 Å². The molecule has 0 unspecified atom stereocenters. The van der Waals surface area contributed by atoms with Crippen LogP contribution in [-0.2, 0) is 4.79 Å². The van der Waals surface area contributed by atoms with Gasteiger partial charge in [0, 0.05) is 35.1 Å². The summed E-state index contributed by atoms with van der Waals surface area (Å²) in [4.78, 5) is 14.7. The molecule has 2 N–H and O–H groups in total. The molecule has 0 radical (unpaired) electrons. The van der Waals surface area contributed by atoms with Crippen molar-refractivity contribution < 1.29 is 4.79 Å². The number of benzene rings is 1. The molecule has 1 amide bonds. The number of halogens is 2. The first-order valence-electron chi connectivity index (χ1n) is 7.96. The first kappa shape index (κ1) is 16.1. The van der Waals surface area contributed by atoms with E-state index in [-0.39, 0.29) is 23.8 Å². The Morgan fingerprint density at radius 3 is 2.86 bits per heavy atom. The summed E-state index contributed by atoms with van der Waals surface area (Å²) in [6, 6.07) is 5.70. The largest absolute Gasteiger partial charge is 0.342 e. The predicted octanol–water partition coefficient (Wildman–Crippen LogP) is 3.68. The minimum absolute atomic E-state index is 0.0745. The topological polar surface area (TPSA) is 46.3 Å². The summed E-state index contributed by atoms with van der Waals surface area (Å²) >= 11 is 12.2. The van der Waals surface area contributed by atoms with Crippen LogP contribution in [0.5, 0.6) is 0 Å². The van der Waals surface area contributed by atoms with Gasteiger partial charge in [-0.2, -0.15) is 0 Å². The minimum atomic E-state index is 0.0745. The van der Waals surface area contributed by atoms with E-state index in [1.807, 2.05) is 24.0 Å². The molecule has 1 heterocycles.